The third-order valence-electron chi connectivity index (χ3n) is 4.63. The third-order valence-corrected chi connectivity index (χ3v) is 6.86. The van der Waals surface area contributed by atoms with E-state index >= 15 is 0 Å². The van der Waals surface area contributed by atoms with Crippen LogP contribution in [0.1, 0.15) is 5.56 Å². The summed E-state index contributed by atoms with van der Waals surface area (Å²) in [6.07, 6.45) is 0. The minimum atomic E-state index is -0.0632. The molecule has 1 heterocycles. The maximum absolute atomic E-state index is 5.45. The van der Waals surface area contributed by atoms with Crippen molar-refractivity contribution in [1.29, 1.82) is 0 Å². The lowest BCUT2D eigenvalue weighted by atomic mass is 10.2. The molecule has 4 rings (SSSR count). The van der Waals surface area contributed by atoms with Crippen molar-refractivity contribution in [1.82, 2.24) is 4.90 Å². The van der Waals surface area contributed by atoms with Crippen molar-refractivity contribution in [3.05, 3.63) is 90.5 Å². The number of benzene rings is 3. The van der Waals surface area contributed by atoms with Gasteiger partial charge in [-0.3, -0.25) is 4.90 Å². The standard InChI is InChI=1S/C23H24NOS/c1-3-7-21(8-4-1)26(22-9-5-2-6-10-22)23-13-11-20(12-14-23)19-24-15-17-25-18-16-24/h1-14H,15-19H2/q+1. The van der Waals surface area contributed by atoms with E-state index in [0.717, 1.165) is 32.8 Å². The molecule has 1 aliphatic rings. The van der Waals surface area contributed by atoms with Gasteiger partial charge in [0.1, 0.15) is 0 Å². The van der Waals surface area contributed by atoms with Gasteiger partial charge in [-0.15, -0.1) is 0 Å². The number of hydrogen-bond acceptors (Lipinski definition) is 2. The molecule has 0 bridgehead atoms. The third kappa shape index (κ3) is 4.18. The molecule has 3 aromatic rings. The van der Waals surface area contributed by atoms with Crippen LogP contribution in [0.25, 0.3) is 0 Å². The van der Waals surface area contributed by atoms with Crippen LogP contribution in [0.4, 0.5) is 0 Å². The highest BCUT2D eigenvalue weighted by atomic mass is 32.2. The number of morpholine rings is 1. The SMILES string of the molecule is c1ccc([S+](c2ccccc2)c2ccc(CN3CCOCC3)cc2)cc1. The van der Waals surface area contributed by atoms with E-state index in [4.69, 9.17) is 4.74 Å². The monoisotopic (exact) mass is 362 g/mol. The molecule has 0 radical (unpaired) electrons. The van der Waals surface area contributed by atoms with Crippen LogP contribution in [0.5, 0.6) is 0 Å². The van der Waals surface area contributed by atoms with E-state index in [-0.39, 0.29) is 10.9 Å². The van der Waals surface area contributed by atoms with Crippen LogP contribution in [0, 0.1) is 0 Å². The Morgan fingerprint density at radius 2 is 1.15 bits per heavy atom. The van der Waals surface area contributed by atoms with Crippen LogP contribution < -0.4 is 0 Å². The van der Waals surface area contributed by atoms with Gasteiger partial charge in [0.05, 0.1) is 24.1 Å². The van der Waals surface area contributed by atoms with Gasteiger partial charge in [-0.1, -0.05) is 48.5 Å². The van der Waals surface area contributed by atoms with E-state index in [1.165, 1.54) is 20.2 Å². The van der Waals surface area contributed by atoms with E-state index in [0.29, 0.717) is 0 Å². The molecule has 0 spiro atoms. The quantitative estimate of drug-likeness (QED) is 0.614. The molecule has 2 nitrogen and oxygen atoms in total. The molecule has 0 amide bonds. The van der Waals surface area contributed by atoms with E-state index in [1.807, 2.05) is 0 Å². The van der Waals surface area contributed by atoms with Gasteiger partial charge in [0.2, 0.25) is 0 Å². The zero-order valence-corrected chi connectivity index (χ0v) is 15.7. The number of nitrogens with zero attached hydrogens (tertiary/aromatic N) is 1. The fraction of sp³-hybridized carbons (Fsp3) is 0.217. The van der Waals surface area contributed by atoms with Gasteiger partial charge >= 0.3 is 0 Å². The molecular weight excluding hydrogens is 338 g/mol. The van der Waals surface area contributed by atoms with Crippen molar-refractivity contribution in [3.63, 3.8) is 0 Å². The van der Waals surface area contributed by atoms with E-state index < -0.39 is 0 Å². The van der Waals surface area contributed by atoms with E-state index in [2.05, 4.69) is 89.8 Å². The second-order valence-electron chi connectivity index (χ2n) is 6.46. The Kier molecular flexibility index (Phi) is 5.70. The lowest BCUT2D eigenvalue weighted by Crippen LogP contribution is -2.35. The molecule has 0 unspecified atom stereocenters. The lowest BCUT2D eigenvalue weighted by Gasteiger charge is -2.26. The highest BCUT2D eigenvalue weighted by Gasteiger charge is 2.28. The van der Waals surface area contributed by atoms with Gasteiger partial charge in [-0.25, -0.2) is 0 Å². The predicted octanol–water partition coefficient (Wildman–Crippen LogP) is 4.61. The summed E-state index contributed by atoms with van der Waals surface area (Å²) in [4.78, 5) is 6.56. The van der Waals surface area contributed by atoms with Crippen molar-refractivity contribution in [2.75, 3.05) is 26.3 Å². The molecule has 0 aromatic heterocycles. The number of ether oxygens (including phenoxy) is 1. The second kappa shape index (κ2) is 8.54. The number of rotatable bonds is 5. The Morgan fingerprint density at radius 1 is 0.654 bits per heavy atom. The molecule has 3 aromatic carbocycles. The molecular formula is C23H24NOS+. The molecule has 1 fully saturated rings. The molecule has 3 heteroatoms. The predicted molar refractivity (Wildman–Crippen MR) is 108 cm³/mol. The van der Waals surface area contributed by atoms with Crippen LogP contribution in [-0.4, -0.2) is 31.2 Å². The summed E-state index contributed by atoms with van der Waals surface area (Å²) in [5.41, 5.74) is 1.38. The summed E-state index contributed by atoms with van der Waals surface area (Å²) in [5.74, 6) is 0. The summed E-state index contributed by atoms with van der Waals surface area (Å²) < 4.78 is 5.45. The fourth-order valence-electron chi connectivity index (χ4n) is 3.27. The highest BCUT2D eigenvalue weighted by molar-refractivity contribution is 7.97. The zero-order chi connectivity index (χ0) is 17.6. The average Bonchev–Trinajstić information content (AvgIpc) is 2.72. The van der Waals surface area contributed by atoms with Gasteiger partial charge < -0.3 is 4.74 Å². The van der Waals surface area contributed by atoms with Crippen molar-refractivity contribution < 1.29 is 4.74 Å². The molecule has 0 atom stereocenters. The average molecular weight is 363 g/mol. The van der Waals surface area contributed by atoms with Crippen LogP contribution in [-0.2, 0) is 22.2 Å². The first-order valence-electron chi connectivity index (χ1n) is 9.13. The summed E-state index contributed by atoms with van der Waals surface area (Å²) >= 11 is 0. The van der Waals surface area contributed by atoms with E-state index in [9.17, 15) is 0 Å². The molecule has 132 valence electrons. The summed E-state index contributed by atoms with van der Waals surface area (Å²) in [6, 6.07) is 30.8. The summed E-state index contributed by atoms with van der Waals surface area (Å²) in [5, 5.41) is 0. The van der Waals surface area contributed by atoms with Crippen LogP contribution in [0.3, 0.4) is 0 Å². The molecule has 1 saturated heterocycles. The van der Waals surface area contributed by atoms with Gasteiger partial charge in [0.25, 0.3) is 0 Å². The first kappa shape index (κ1) is 17.3. The van der Waals surface area contributed by atoms with E-state index in [1.54, 1.807) is 0 Å². The minimum Gasteiger partial charge on any atom is -0.379 e. The smallest absolute Gasteiger partial charge is 0.166 e. The second-order valence-corrected chi connectivity index (χ2v) is 8.49. The molecule has 1 aliphatic heterocycles. The van der Waals surface area contributed by atoms with Crippen molar-refractivity contribution >= 4 is 10.9 Å². The summed E-state index contributed by atoms with van der Waals surface area (Å²) in [7, 11) is -0.0632. The molecule has 26 heavy (non-hydrogen) atoms. The molecule has 0 N–H and O–H groups in total. The first-order valence-corrected chi connectivity index (χ1v) is 10.4. The highest BCUT2D eigenvalue weighted by Crippen LogP contribution is 2.31. The maximum Gasteiger partial charge on any atom is 0.166 e. The van der Waals surface area contributed by atoms with Crippen molar-refractivity contribution in [3.8, 4) is 0 Å². The van der Waals surface area contributed by atoms with Crippen LogP contribution >= 0.6 is 0 Å². The topological polar surface area (TPSA) is 12.5 Å². The first-order chi connectivity index (χ1) is 12.9. The normalized spacial score (nSPS) is 15.3. The zero-order valence-electron chi connectivity index (χ0n) is 14.9. The molecule has 0 aliphatic carbocycles. The minimum absolute atomic E-state index is 0.0632. The Morgan fingerprint density at radius 3 is 1.69 bits per heavy atom. The maximum atomic E-state index is 5.45. The largest absolute Gasteiger partial charge is 0.379 e. The van der Waals surface area contributed by atoms with Gasteiger partial charge in [-0.2, -0.15) is 0 Å². The summed E-state index contributed by atoms with van der Waals surface area (Å²) in [6.45, 7) is 4.77. The Labute approximate surface area is 158 Å². The van der Waals surface area contributed by atoms with Crippen LogP contribution in [0.2, 0.25) is 0 Å². The van der Waals surface area contributed by atoms with Gasteiger partial charge in [0.15, 0.2) is 14.7 Å². The number of hydrogen-bond donors (Lipinski definition) is 0. The fourth-order valence-corrected chi connectivity index (χ4v) is 5.35. The van der Waals surface area contributed by atoms with Crippen molar-refractivity contribution in [2.24, 2.45) is 0 Å². The van der Waals surface area contributed by atoms with Gasteiger partial charge in [-0.05, 0) is 42.0 Å². The molecule has 0 saturated carbocycles. The van der Waals surface area contributed by atoms with Crippen LogP contribution in [0.15, 0.2) is 99.6 Å². The lowest BCUT2D eigenvalue weighted by molar-refractivity contribution is 0.0342. The Bertz CT molecular complexity index is 759. The Balaban J connectivity index is 1.59. The Hall–Kier alpha value is -2.07. The van der Waals surface area contributed by atoms with Crippen molar-refractivity contribution in [2.45, 2.75) is 21.2 Å². The van der Waals surface area contributed by atoms with Gasteiger partial charge in [0, 0.05) is 19.6 Å².